The monoisotopic (exact) mass is 337 g/mol. The van der Waals surface area contributed by atoms with E-state index in [1.807, 2.05) is 0 Å². The number of hydrogen-bond donors (Lipinski definition) is 2. The zero-order chi connectivity index (χ0) is 13.8. The number of nitrogens with one attached hydrogen (secondary N) is 2. The summed E-state index contributed by atoms with van der Waals surface area (Å²) in [6, 6.07) is 0. The molecule has 7 heteroatoms. The minimum absolute atomic E-state index is 0.274. The van der Waals surface area contributed by atoms with Gasteiger partial charge in [-0.05, 0) is 26.2 Å². The molecule has 0 aliphatic heterocycles. The van der Waals surface area contributed by atoms with Crippen LogP contribution in [0, 0.1) is 19.8 Å². The largest absolute Gasteiger partial charge is 0.281 e. The van der Waals surface area contributed by atoms with E-state index in [0.717, 1.165) is 18.2 Å². The average molecular weight is 338 g/mol. The van der Waals surface area contributed by atoms with E-state index in [0.29, 0.717) is 23.9 Å². The Bertz CT molecular complexity index is 465. The molecular formula is C11H20BrN3O2S. The SMILES string of the molecule is CCC(CCBr)CNS(=O)(=O)c1c(C)n[nH]c1C. The van der Waals surface area contributed by atoms with Crippen LogP contribution >= 0.6 is 15.9 Å². The number of halogens is 1. The number of alkyl halides is 1. The fourth-order valence-electron chi connectivity index (χ4n) is 1.84. The summed E-state index contributed by atoms with van der Waals surface area (Å²) in [7, 11) is -3.46. The molecule has 0 fully saturated rings. The number of aryl methyl sites for hydroxylation is 2. The molecule has 1 unspecified atom stereocenters. The average Bonchev–Trinajstić information content (AvgIpc) is 2.65. The lowest BCUT2D eigenvalue weighted by Gasteiger charge is -2.14. The Labute approximate surface area is 117 Å². The van der Waals surface area contributed by atoms with Gasteiger partial charge in [0.25, 0.3) is 0 Å². The molecule has 1 heterocycles. The second kappa shape index (κ2) is 6.68. The molecule has 1 atom stereocenters. The van der Waals surface area contributed by atoms with Crippen LogP contribution in [0.1, 0.15) is 31.2 Å². The predicted octanol–water partition coefficient (Wildman–Crippen LogP) is 2.12. The van der Waals surface area contributed by atoms with E-state index in [9.17, 15) is 8.42 Å². The van der Waals surface area contributed by atoms with Gasteiger partial charge in [0.05, 0.1) is 11.4 Å². The zero-order valence-corrected chi connectivity index (χ0v) is 13.4. The van der Waals surface area contributed by atoms with Crippen LogP contribution in [0.5, 0.6) is 0 Å². The Balaban J connectivity index is 2.77. The van der Waals surface area contributed by atoms with E-state index in [1.165, 1.54) is 0 Å². The molecule has 5 nitrogen and oxygen atoms in total. The maximum absolute atomic E-state index is 12.2. The van der Waals surface area contributed by atoms with Gasteiger partial charge in [-0.1, -0.05) is 29.3 Å². The first-order valence-electron chi connectivity index (χ1n) is 5.99. The minimum Gasteiger partial charge on any atom is -0.281 e. The van der Waals surface area contributed by atoms with E-state index in [-0.39, 0.29) is 4.90 Å². The standard InChI is InChI=1S/C11H20BrN3O2S/c1-4-10(5-6-12)7-13-18(16,17)11-8(2)14-15-9(11)3/h10,13H,4-7H2,1-3H3,(H,14,15). The Morgan fingerprint density at radius 2 is 2.11 bits per heavy atom. The number of hydrogen-bond acceptors (Lipinski definition) is 3. The summed E-state index contributed by atoms with van der Waals surface area (Å²) in [5.74, 6) is 0.353. The van der Waals surface area contributed by atoms with E-state index in [4.69, 9.17) is 0 Å². The van der Waals surface area contributed by atoms with Crippen LogP contribution in [-0.4, -0.2) is 30.5 Å². The Kier molecular flexibility index (Phi) is 5.81. The Hall–Kier alpha value is -0.400. The van der Waals surface area contributed by atoms with Crippen molar-refractivity contribution < 1.29 is 8.42 Å². The van der Waals surface area contributed by atoms with Crippen molar-refractivity contribution >= 4 is 26.0 Å². The van der Waals surface area contributed by atoms with Crippen LogP contribution in [0.3, 0.4) is 0 Å². The molecule has 0 saturated carbocycles. The maximum Gasteiger partial charge on any atom is 0.244 e. The minimum atomic E-state index is -3.46. The lowest BCUT2D eigenvalue weighted by Crippen LogP contribution is -2.30. The molecule has 1 aromatic heterocycles. The fourth-order valence-corrected chi connectivity index (χ4v) is 3.97. The van der Waals surface area contributed by atoms with Gasteiger partial charge in [0.15, 0.2) is 0 Å². The summed E-state index contributed by atoms with van der Waals surface area (Å²) >= 11 is 3.38. The van der Waals surface area contributed by atoms with Crippen LogP contribution in [-0.2, 0) is 10.0 Å². The highest BCUT2D eigenvalue weighted by molar-refractivity contribution is 9.09. The molecule has 0 aliphatic rings. The quantitative estimate of drug-likeness (QED) is 0.748. The third-order valence-electron chi connectivity index (χ3n) is 2.99. The molecule has 0 amide bonds. The number of aromatic nitrogens is 2. The molecule has 0 saturated heterocycles. The summed E-state index contributed by atoms with van der Waals surface area (Å²) in [6.07, 6.45) is 1.92. The molecule has 0 aliphatic carbocycles. The number of H-pyrrole nitrogens is 1. The Morgan fingerprint density at radius 3 is 2.56 bits per heavy atom. The molecule has 104 valence electrons. The van der Waals surface area contributed by atoms with Crippen molar-refractivity contribution in [2.45, 2.75) is 38.5 Å². The summed E-state index contributed by atoms with van der Waals surface area (Å²) < 4.78 is 27.0. The summed E-state index contributed by atoms with van der Waals surface area (Å²) in [4.78, 5) is 0.274. The molecule has 1 aromatic rings. The van der Waals surface area contributed by atoms with Crippen molar-refractivity contribution in [3.05, 3.63) is 11.4 Å². The molecule has 1 rings (SSSR count). The highest BCUT2D eigenvalue weighted by Gasteiger charge is 2.22. The van der Waals surface area contributed by atoms with Crippen LogP contribution in [0.25, 0.3) is 0 Å². The van der Waals surface area contributed by atoms with Gasteiger partial charge in [0, 0.05) is 11.9 Å². The smallest absolute Gasteiger partial charge is 0.244 e. The highest BCUT2D eigenvalue weighted by atomic mass is 79.9. The van der Waals surface area contributed by atoms with E-state index in [2.05, 4.69) is 37.8 Å². The van der Waals surface area contributed by atoms with E-state index < -0.39 is 10.0 Å². The number of rotatable bonds is 7. The van der Waals surface area contributed by atoms with Gasteiger partial charge in [-0.15, -0.1) is 0 Å². The van der Waals surface area contributed by atoms with Gasteiger partial charge in [0.2, 0.25) is 10.0 Å². The second-order valence-electron chi connectivity index (χ2n) is 4.37. The lowest BCUT2D eigenvalue weighted by atomic mass is 10.0. The van der Waals surface area contributed by atoms with Gasteiger partial charge in [-0.25, -0.2) is 13.1 Å². The molecule has 0 aromatic carbocycles. The van der Waals surface area contributed by atoms with Crippen molar-refractivity contribution in [2.24, 2.45) is 5.92 Å². The normalized spacial score (nSPS) is 13.8. The van der Waals surface area contributed by atoms with Crippen molar-refractivity contribution in [3.63, 3.8) is 0 Å². The predicted molar refractivity (Wildman–Crippen MR) is 75.4 cm³/mol. The third kappa shape index (κ3) is 3.80. The number of aromatic amines is 1. The van der Waals surface area contributed by atoms with Gasteiger partial charge >= 0.3 is 0 Å². The van der Waals surface area contributed by atoms with Gasteiger partial charge in [-0.2, -0.15) is 5.10 Å². The van der Waals surface area contributed by atoms with Crippen LogP contribution < -0.4 is 4.72 Å². The van der Waals surface area contributed by atoms with Crippen molar-refractivity contribution in [3.8, 4) is 0 Å². The molecular weight excluding hydrogens is 318 g/mol. The molecule has 0 radical (unpaired) electrons. The van der Waals surface area contributed by atoms with E-state index >= 15 is 0 Å². The molecule has 18 heavy (non-hydrogen) atoms. The van der Waals surface area contributed by atoms with Crippen molar-refractivity contribution in [1.29, 1.82) is 0 Å². The van der Waals surface area contributed by atoms with Crippen LogP contribution in [0.4, 0.5) is 0 Å². The van der Waals surface area contributed by atoms with Gasteiger partial charge < -0.3 is 0 Å². The third-order valence-corrected chi connectivity index (χ3v) is 5.13. The lowest BCUT2D eigenvalue weighted by molar-refractivity contribution is 0.483. The number of sulfonamides is 1. The summed E-state index contributed by atoms with van der Waals surface area (Å²) in [5, 5.41) is 7.49. The maximum atomic E-state index is 12.2. The fraction of sp³-hybridized carbons (Fsp3) is 0.727. The summed E-state index contributed by atoms with van der Waals surface area (Å²) in [6.45, 7) is 5.93. The van der Waals surface area contributed by atoms with E-state index in [1.54, 1.807) is 13.8 Å². The first-order chi connectivity index (χ1) is 8.42. The topological polar surface area (TPSA) is 74.8 Å². The van der Waals surface area contributed by atoms with Crippen molar-refractivity contribution in [2.75, 3.05) is 11.9 Å². The van der Waals surface area contributed by atoms with Crippen molar-refractivity contribution in [1.82, 2.24) is 14.9 Å². The highest BCUT2D eigenvalue weighted by Crippen LogP contribution is 2.17. The molecule has 0 spiro atoms. The summed E-state index contributed by atoms with van der Waals surface area (Å²) in [5.41, 5.74) is 1.09. The molecule has 2 N–H and O–H groups in total. The van der Waals surface area contributed by atoms with Gasteiger partial charge in [0.1, 0.15) is 4.90 Å². The first kappa shape index (κ1) is 15.7. The number of nitrogens with zero attached hydrogens (tertiary/aromatic N) is 1. The first-order valence-corrected chi connectivity index (χ1v) is 8.60. The zero-order valence-electron chi connectivity index (χ0n) is 11.0. The van der Waals surface area contributed by atoms with Crippen LogP contribution in [0.15, 0.2) is 4.90 Å². The van der Waals surface area contributed by atoms with Gasteiger partial charge in [-0.3, -0.25) is 5.10 Å². The second-order valence-corrected chi connectivity index (χ2v) is 6.86. The molecule has 0 bridgehead atoms. The van der Waals surface area contributed by atoms with Crippen LogP contribution in [0.2, 0.25) is 0 Å². The Morgan fingerprint density at radius 1 is 1.44 bits per heavy atom.